The highest BCUT2D eigenvalue weighted by molar-refractivity contribution is 5.38. The van der Waals surface area contributed by atoms with Gasteiger partial charge in [0.05, 0.1) is 12.6 Å². The number of aliphatic hydroxyl groups excluding tert-OH is 1. The molecule has 31 heavy (non-hydrogen) atoms. The van der Waals surface area contributed by atoms with Gasteiger partial charge in [-0.05, 0) is 36.8 Å². The summed E-state index contributed by atoms with van der Waals surface area (Å²) in [6, 6.07) is 14.7. The van der Waals surface area contributed by atoms with E-state index in [0.717, 1.165) is 56.6 Å². The van der Waals surface area contributed by atoms with Crippen LogP contribution in [0.1, 0.15) is 11.4 Å². The Bertz CT molecular complexity index is 998. The Kier molecular flexibility index (Phi) is 5.72. The Balaban J connectivity index is 1.21. The van der Waals surface area contributed by atoms with Crippen LogP contribution < -0.4 is 4.90 Å². The van der Waals surface area contributed by atoms with E-state index in [-0.39, 0.29) is 12.1 Å². The zero-order chi connectivity index (χ0) is 21.2. The first-order chi connectivity index (χ1) is 15.2. The van der Waals surface area contributed by atoms with Gasteiger partial charge in [0, 0.05) is 69.6 Å². The molecule has 2 saturated heterocycles. The van der Waals surface area contributed by atoms with Crippen LogP contribution in [0, 0.1) is 6.92 Å². The molecule has 0 spiro atoms. The fraction of sp³-hybridized carbons (Fsp3) is 0.417. The average molecular weight is 419 g/mol. The molecule has 0 amide bonds. The molecular formula is C24H30N6O. The second-order valence-corrected chi connectivity index (χ2v) is 8.59. The van der Waals surface area contributed by atoms with E-state index >= 15 is 0 Å². The van der Waals surface area contributed by atoms with E-state index in [0.29, 0.717) is 6.54 Å². The van der Waals surface area contributed by atoms with Gasteiger partial charge in [-0.1, -0.05) is 18.2 Å². The molecule has 2 aliphatic heterocycles. The molecule has 2 aliphatic rings. The number of β-amino-alcohol motifs (C(OH)–C–C–N with tert-alkyl or cyclic N) is 1. The lowest BCUT2D eigenvalue weighted by Gasteiger charge is -2.39. The third-order valence-electron chi connectivity index (χ3n) is 6.45. The summed E-state index contributed by atoms with van der Waals surface area (Å²) in [6.45, 7) is 8.18. The molecular weight excluding hydrogens is 388 g/mol. The van der Waals surface area contributed by atoms with Crippen molar-refractivity contribution in [2.45, 2.75) is 25.6 Å². The maximum atomic E-state index is 10.8. The minimum Gasteiger partial charge on any atom is -0.390 e. The molecule has 0 unspecified atom stereocenters. The van der Waals surface area contributed by atoms with Crippen LogP contribution in [-0.2, 0) is 6.54 Å². The lowest BCUT2D eigenvalue weighted by Crippen LogP contribution is -2.53. The number of rotatable bonds is 5. The summed E-state index contributed by atoms with van der Waals surface area (Å²) >= 11 is 0. The summed E-state index contributed by atoms with van der Waals surface area (Å²) in [5.74, 6) is 2.05. The normalized spacial score (nSPS) is 22.8. The second-order valence-electron chi connectivity index (χ2n) is 8.59. The van der Waals surface area contributed by atoms with Gasteiger partial charge in [0.25, 0.3) is 0 Å². The van der Waals surface area contributed by atoms with Crippen molar-refractivity contribution in [3.63, 3.8) is 0 Å². The molecule has 2 fully saturated rings. The number of anilines is 1. The van der Waals surface area contributed by atoms with E-state index < -0.39 is 0 Å². The van der Waals surface area contributed by atoms with Gasteiger partial charge in [-0.2, -0.15) is 0 Å². The predicted octanol–water partition coefficient (Wildman–Crippen LogP) is 1.94. The molecule has 7 nitrogen and oxygen atoms in total. The summed E-state index contributed by atoms with van der Waals surface area (Å²) in [5.41, 5.74) is 2.37. The van der Waals surface area contributed by atoms with Gasteiger partial charge < -0.3 is 14.6 Å². The molecule has 0 radical (unpaired) electrons. The molecule has 3 aromatic rings. The third kappa shape index (κ3) is 4.35. The topological polar surface area (TPSA) is 60.7 Å². The third-order valence-corrected chi connectivity index (χ3v) is 6.45. The number of benzene rings is 1. The van der Waals surface area contributed by atoms with Crippen LogP contribution in [-0.4, -0.2) is 80.9 Å². The van der Waals surface area contributed by atoms with E-state index in [1.54, 1.807) is 0 Å². The number of aliphatic hydroxyl groups is 1. The highest BCUT2D eigenvalue weighted by atomic mass is 16.3. The van der Waals surface area contributed by atoms with Crippen molar-refractivity contribution >= 4 is 5.82 Å². The molecule has 5 rings (SSSR count). The van der Waals surface area contributed by atoms with Gasteiger partial charge in [-0.25, -0.2) is 9.97 Å². The molecule has 1 N–H and O–H groups in total. The Hall–Kier alpha value is -2.74. The molecule has 0 bridgehead atoms. The van der Waals surface area contributed by atoms with Crippen molar-refractivity contribution < 1.29 is 5.11 Å². The lowest BCUT2D eigenvalue weighted by molar-refractivity contribution is 0.0790. The molecule has 4 heterocycles. The minimum absolute atomic E-state index is 0.174. The van der Waals surface area contributed by atoms with Gasteiger partial charge in [-0.15, -0.1) is 0 Å². The van der Waals surface area contributed by atoms with Crippen LogP contribution in [0.2, 0.25) is 0 Å². The van der Waals surface area contributed by atoms with Crippen molar-refractivity contribution in [1.29, 1.82) is 0 Å². The number of hydrogen-bond acceptors (Lipinski definition) is 6. The predicted molar refractivity (Wildman–Crippen MR) is 121 cm³/mol. The second kappa shape index (κ2) is 8.78. The summed E-state index contributed by atoms with van der Waals surface area (Å²) in [6.07, 6.45) is 5.40. The number of likely N-dealkylation sites (tertiary alicyclic amines) is 1. The van der Waals surface area contributed by atoms with Crippen molar-refractivity contribution in [1.82, 2.24) is 24.3 Å². The van der Waals surface area contributed by atoms with Crippen molar-refractivity contribution in [2.75, 3.05) is 44.2 Å². The molecule has 2 atom stereocenters. The number of piperazine rings is 1. The molecule has 1 aromatic carbocycles. The van der Waals surface area contributed by atoms with E-state index in [1.807, 2.05) is 30.7 Å². The Morgan fingerprint density at radius 3 is 2.61 bits per heavy atom. The average Bonchev–Trinajstić information content (AvgIpc) is 3.41. The quantitative estimate of drug-likeness (QED) is 0.683. The standard InChI is InChI=1S/C24H30N6O/c1-19-5-4-6-20(15-19)30-10-9-26-24(30)18-27-16-21(22(31)17-27)28-11-13-29(14-12-28)23-7-2-3-8-25-23/h2-10,15,21-22,31H,11-14,16-18H2,1H3/t21-,22-/m0/s1. The van der Waals surface area contributed by atoms with Crippen molar-refractivity contribution in [3.8, 4) is 5.69 Å². The summed E-state index contributed by atoms with van der Waals surface area (Å²) in [5, 5.41) is 10.8. The molecule has 162 valence electrons. The van der Waals surface area contributed by atoms with Gasteiger partial charge in [0.15, 0.2) is 0 Å². The van der Waals surface area contributed by atoms with Crippen molar-refractivity contribution in [3.05, 3.63) is 72.4 Å². The van der Waals surface area contributed by atoms with Gasteiger partial charge >= 0.3 is 0 Å². The minimum atomic E-state index is -0.330. The van der Waals surface area contributed by atoms with Crippen LogP contribution in [0.4, 0.5) is 5.82 Å². The summed E-state index contributed by atoms with van der Waals surface area (Å²) in [4.78, 5) is 16.2. The van der Waals surface area contributed by atoms with Crippen LogP contribution in [0.3, 0.4) is 0 Å². The van der Waals surface area contributed by atoms with Crippen LogP contribution in [0.5, 0.6) is 0 Å². The molecule has 7 heteroatoms. The summed E-state index contributed by atoms with van der Waals surface area (Å²) < 4.78 is 2.15. The lowest BCUT2D eigenvalue weighted by atomic mass is 10.1. The Morgan fingerprint density at radius 2 is 1.84 bits per heavy atom. The molecule has 0 saturated carbocycles. The largest absolute Gasteiger partial charge is 0.390 e. The van der Waals surface area contributed by atoms with E-state index in [2.05, 4.69) is 66.5 Å². The fourth-order valence-corrected chi connectivity index (χ4v) is 4.82. The number of pyridine rings is 1. The Labute approximate surface area is 183 Å². The Morgan fingerprint density at radius 1 is 0.968 bits per heavy atom. The van der Waals surface area contributed by atoms with E-state index in [4.69, 9.17) is 0 Å². The zero-order valence-corrected chi connectivity index (χ0v) is 18.0. The van der Waals surface area contributed by atoms with Crippen molar-refractivity contribution in [2.24, 2.45) is 0 Å². The number of imidazole rings is 1. The highest BCUT2D eigenvalue weighted by Gasteiger charge is 2.37. The van der Waals surface area contributed by atoms with Crippen LogP contribution >= 0.6 is 0 Å². The van der Waals surface area contributed by atoms with E-state index in [1.165, 1.54) is 5.56 Å². The number of nitrogens with zero attached hydrogens (tertiary/aromatic N) is 6. The number of hydrogen-bond donors (Lipinski definition) is 1. The molecule has 0 aliphatic carbocycles. The molecule has 2 aromatic heterocycles. The monoisotopic (exact) mass is 418 g/mol. The van der Waals surface area contributed by atoms with E-state index in [9.17, 15) is 5.11 Å². The highest BCUT2D eigenvalue weighted by Crippen LogP contribution is 2.22. The SMILES string of the molecule is Cc1cccc(-n2ccnc2CN2C[C@H](O)[C@@H](N3CCN(c4ccccn4)CC3)C2)c1. The first-order valence-electron chi connectivity index (χ1n) is 11.1. The van der Waals surface area contributed by atoms with Gasteiger partial charge in [-0.3, -0.25) is 9.80 Å². The van der Waals surface area contributed by atoms with Crippen LogP contribution in [0.15, 0.2) is 61.1 Å². The number of aryl methyl sites for hydroxylation is 1. The maximum absolute atomic E-state index is 10.8. The first-order valence-corrected chi connectivity index (χ1v) is 11.1. The smallest absolute Gasteiger partial charge is 0.128 e. The first kappa shape index (κ1) is 20.2. The van der Waals surface area contributed by atoms with Crippen LogP contribution in [0.25, 0.3) is 5.69 Å². The van der Waals surface area contributed by atoms with Gasteiger partial charge in [0.2, 0.25) is 0 Å². The maximum Gasteiger partial charge on any atom is 0.128 e. The number of aromatic nitrogens is 3. The van der Waals surface area contributed by atoms with Gasteiger partial charge in [0.1, 0.15) is 11.6 Å². The zero-order valence-electron chi connectivity index (χ0n) is 18.0. The summed E-state index contributed by atoms with van der Waals surface area (Å²) in [7, 11) is 0. The fourth-order valence-electron chi connectivity index (χ4n) is 4.82.